The Bertz CT molecular complexity index is 661. The Labute approximate surface area is 109 Å². The monoisotopic (exact) mass is 233 g/mol. The summed E-state index contributed by atoms with van der Waals surface area (Å²) < 4.78 is 0. The SMILES string of the molecule is B.N.c1ccc2c(c1)-c1cccc3cccc-2c13. The van der Waals surface area contributed by atoms with E-state index < -0.39 is 0 Å². The van der Waals surface area contributed by atoms with Gasteiger partial charge in [-0.05, 0) is 33.0 Å². The van der Waals surface area contributed by atoms with E-state index in [9.17, 15) is 0 Å². The molecule has 3 aromatic carbocycles. The Kier molecular flexibility index (Phi) is 2.97. The van der Waals surface area contributed by atoms with Gasteiger partial charge in [-0.2, -0.15) is 0 Å². The van der Waals surface area contributed by atoms with Crippen LogP contribution in [0.15, 0.2) is 60.7 Å². The van der Waals surface area contributed by atoms with Crippen LogP contribution in [0.3, 0.4) is 0 Å². The molecule has 0 spiro atoms. The molecule has 0 aromatic heterocycles. The summed E-state index contributed by atoms with van der Waals surface area (Å²) in [6.45, 7) is 0. The molecule has 0 atom stereocenters. The van der Waals surface area contributed by atoms with Crippen LogP contribution in [0.1, 0.15) is 0 Å². The van der Waals surface area contributed by atoms with Crippen molar-refractivity contribution in [1.29, 1.82) is 0 Å². The van der Waals surface area contributed by atoms with E-state index in [1.54, 1.807) is 0 Å². The van der Waals surface area contributed by atoms with E-state index in [1.165, 1.54) is 33.0 Å². The summed E-state index contributed by atoms with van der Waals surface area (Å²) in [5.41, 5.74) is 5.50. The predicted molar refractivity (Wildman–Crippen MR) is 83.3 cm³/mol. The molecule has 1 aliphatic rings. The highest BCUT2D eigenvalue weighted by Crippen LogP contribution is 2.46. The van der Waals surface area contributed by atoms with Gasteiger partial charge in [0.25, 0.3) is 0 Å². The maximum absolute atomic E-state index is 2.22. The Hall–Kier alpha value is -2.06. The van der Waals surface area contributed by atoms with Crippen molar-refractivity contribution >= 4 is 19.2 Å². The molecule has 0 bridgehead atoms. The van der Waals surface area contributed by atoms with Gasteiger partial charge in [0.2, 0.25) is 0 Å². The molecule has 3 N–H and O–H groups in total. The lowest BCUT2D eigenvalue weighted by Gasteiger charge is -2.00. The molecule has 18 heavy (non-hydrogen) atoms. The summed E-state index contributed by atoms with van der Waals surface area (Å²) in [5, 5.41) is 2.75. The smallest absolute Gasteiger partial charge is 0.0814 e. The van der Waals surface area contributed by atoms with Gasteiger partial charge in [-0.1, -0.05) is 60.7 Å². The number of hydrogen-bond acceptors (Lipinski definition) is 1. The van der Waals surface area contributed by atoms with Gasteiger partial charge in [0.1, 0.15) is 0 Å². The molecular formula is C16H16BN. The fourth-order valence-electron chi connectivity index (χ4n) is 2.74. The first-order chi connectivity index (χ1) is 7.95. The van der Waals surface area contributed by atoms with Crippen LogP contribution in [0.2, 0.25) is 0 Å². The second-order valence-corrected chi connectivity index (χ2v) is 4.25. The van der Waals surface area contributed by atoms with Gasteiger partial charge >= 0.3 is 0 Å². The quantitative estimate of drug-likeness (QED) is 0.464. The average molecular weight is 233 g/mol. The molecule has 0 unspecified atom stereocenters. The Morgan fingerprint density at radius 2 is 0.944 bits per heavy atom. The molecule has 0 saturated heterocycles. The number of benzene rings is 3. The first-order valence-electron chi connectivity index (χ1n) is 5.57. The zero-order chi connectivity index (χ0) is 10.5. The van der Waals surface area contributed by atoms with Crippen LogP contribution < -0.4 is 6.15 Å². The maximum Gasteiger partial charge on any atom is 0.0814 e. The van der Waals surface area contributed by atoms with E-state index in [1.807, 2.05) is 0 Å². The van der Waals surface area contributed by atoms with Gasteiger partial charge < -0.3 is 6.15 Å². The van der Waals surface area contributed by atoms with Crippen molar-refractivity contribution in [3.8, 4) is 22.3 Å². The highest BCUT2D eigenvalue weighted by molar-refractivity contribution is 6.15. The predicted octanol–water partition coefficient (Wildman–Crippen LogP) is 3.47. The second kappa shape index (κ2) is 4.32. The van der Waals surface area contributed by atoms with Gasteiger partial charge in [-0.3, -0.25) is 0 Å². The topological polar surface area (TPSA) is 35.0 Å². The lowest BCUT2D eigenvalue weighted by atomic mass is 10.0. The van der Waals surface area contributed by atoms with Crippen LogP contribution in [0.25, 0.3) is 33.0 Å². The largest absolute Gasteiger partial charge is 0.344 e. The van der Waals surface area contributed by atoms with Crippen molar-refractivity contribution in [2.24, 2.45) is 0 Å². The van der Waals surface area contributed by atoms with Crippen LogP contribution in [-0.4, -0.2) is 8.41 Å². The Balaban J connectivity index is 0.000000602. The van der Waals surface area contributed by atoms with E-state index in [0.29, 0.717) is 0 Å². The standard InChI is InChI=1S/C16H10.BH3.H3N/c1-2-8-13-12(7-1)14-9-3-5-11-6-4-10-15(13)16(11)14;;/h1-10H;2*1H3. The van der Waals surface area contributed by atoms with Crippen molar-refractivity contribution in [2.45, 2.75) is 0 Å². The molecular weight excluding hydrogens is 217 g/mol. The van der Waals surface area contributed by atoms with Crippen molar-refractivity contribution in [1.82, 2.24) is 6.15 Å². The Morgan fingerprint density at radius 3 is 1.44 bits per heavy atom. The fraction of sp³-hybridized carbons (Fsp3) is 0. The Morgan fingerprint density at radius 1 is 0.500 bits per heavy atom. The minimum absolute atomic E-state index is 0. The van der Waals surface area contributed by atoms with Crippen molar-refractivity contribution in [2.75, 3.05) is 0 Å². The van der Waals surface area contributed by atoms with Gasteiger partial charge in [-0.25, -0.2) is 0 Å². The number of fused-ring (bicyclic) bond motifs is 3. The van der Waals surface area contributed by atoms with Crippen molar-refractivity contribution in [3.63, 3.8) is 0 Å². The van der Waals surface area contributed by atoms with E-state index in [2.05, 4.69) is 60.7 Å². The number of rotatable bonds is 0. The third-order valence-electron chi connectivity index (χ3n) is 3.41. The molecule has 1 nitrogen and oxygen atoms in total. The molecule has 4 rings (SSSR count). The van der Waals surface area contributed by atoms with Gasteiger partial charge in [-0.15, -0.1) is 0 Å². The molecule has 0 aliphatic heterocycles. The third-order valence-corrected chi connectivity index (χ3v) is 3.41. The molecule has 0 radical (unpaired) electrons. The second-order valence-electron chi connectivity index (χ2n) is 4.25. The van der Waals surface area contributed by atoms with Crippen LogP contribution in [0, 0.1) is 0 Å². The summed E-state index contributed by atoms with van der Waals surface area (Å²) in [6.07, 6.45) is 0. The summed E-state index contributed by atoms with van der Waals surface area (Å²) in [6, 6.07) is 21.8. The number of hydrogen-bond donors (Lipinski definition) is 1. The molecule has 0 saturated carbocycles. The van der Waals surface area contributed by atoms with E-state index in [0.717, 1.165) is 0 Å². The zero-order valence-corrected chi connectivity index (χ0v) is 9.48. The van der Waals surface area contributed by atoms with Gasteiger partial charge in [0.15, 0.2) is 0 Å². The minimum atomic E-state index is 0. The first kappa shape index (κ1) is 12.4. The average Bonchev–Trinajstić information content (AvgIpc) is 2.68. The summed E-state index contributed by atoms with van der Waals surface area (Å²) in [5.74, 6) is 0. The molecule has 0 heterocycles. The third kappa shape index (κ3) is 1.39. The van der Waals surface area contributed by atoms with Gasteiger partial charge in [0.05, 0.1) is 8.41 Å². The van der Waals surface area contributed by atoms with Crippen LogP contribution in [0.5, 0.6) is 0 Å². The summed E-state index contributed by atoms with van der Waals surface area (Å²) >= 11 is 0. The van der Waals surface area contributed by atoms with E-state index >= 15 is 0 Å². The lowest BCUT2D eigenvalue weighted by molar-refractivity contribution is 1.70. The molecule has 2 heteroatoms. The van der Waals surface area contributed by atoms with E-state index in [-0.39, 0.29) is 14.6 Å². The van der Waals surface area contributed by atoms with Gasteiger partial charge in [0, 0.05) is 0 Å². The highest BCUT2D eigenvalue weighted by Gasteiger charge is 2.19. The molecule has 0 fully saturated rings. The first-order valence-corrected chi connectivity index (χ1v) is 5.57. The van der Waals surface area contributed by atoms with Crippen molar-refractivity contribution < 1.29 is 0 Å². The van der Waals surface area contributed by atoms with Crippen molar-refractivity contribution in [3.05, 3.63) is 60.7 Å². The van der Waals surface area contributed by atoms with Crippen LogP contribution >= 0.6 is 0 Å². The maximum atomic E-state index is 2.22. The molecule has 0 amide bonds. The molecule has 1 aliphatic carbocycles. The fourth-order valence-corrected chi connectivity index (χ4v) is 2.74. The van der Waals surface area contributed by atoms with Crippen LogP contribution in [0.4, 0.5) is 0 Å². The zero-order valence-electron chi connectivity index (χ0n) is 9.48. The molecule has 88 valence electrons. The highest BCUT2D eigenvalue weighted by atomic mass is 14.2. The normalized spacial score (nSPS) is 10.4. The molecule has 3 aromatic rings. The lowest BCUT2D eigenvalue weighted by Crippen LogP contribution is -1.73. The summed E-state index contributed by atoms with van der Waals surface area (Å²) in [4.78, 5) is 0. The minimum Gasteiger partial charge on any atom is -0.344 e. The summed E-state index contributed by atoms with van der Waals surface area (Å²) in [7, 11) is 0. The van der Waals surface area contributed by atoms with Crippen LogP contribution in [-0.2, 0) is 0 Å². The van der Waals surface area contributed by atoms with E-state index in [4.69, 9.17) is 0 Å².